The van der Waals surface area contributed by atoms with E-state index in [2.05, 4.69) is 10.6 Å². The van der Waals surface area contributed by atoms with Gasteiger partial charge in [-0.15, -0.1) is 0 Å². The van der Waals surface area contributed by atoms with Crippen LogP contribution in [0.5, 0.6) is 5.75 Å². The first-order chi connectivity index (χ1) is 13.7. The van der Waals surface area contributed by atoms with Crippen LogP contribution in [-0.4, -0.2) is 32.1 Å². The molecule has 28 heavy (non-hydrogen) atoms. The second kappa shape index (κ2) is 7.60. The number of hydrogen-bond acceptors (Lipinski definition) is 3. The number of carbonyl (C=O) groups excluding carboxylic acids is 2. The van der Waals surface area contributed by atoms with E-state index in [1.165, 1.54) is 0 Å². The van der Waals surface area contributed by atoms with Crippen LogP contribution in [0.15, 0.2) is 60.7 Å². The molecule has 0 spiro atoms. The molecule has 0 unspecified atom stereocenters. The van der Waals surface area contributed by atoms with E-state index in [-0.39, 0.29) is 11.9 Å². The molecule has 2 N–H and O–H groups in total. The summed E-state index contributed by atoms with van der Waals surface area (Å²) >= 11 is 0. The molecule has 0 bridgehead atoms. The highest BCUT2D eigenvalue weighted by molar-refractivity contribution is 5.98. The SMILES string of the molecule is COc1ccc2ccccc2c1CNC(=O)c1cccc(N2CCNC2=O)c1. The van der Waals surface area contributed by atoms with E-state index >= 15 is 0 Å². The second-order valence-electron chi connectivity index (χ2n) is 6.58. The van der Waals surface area contributed by atoms with E-state index < -0.39 is 0 Å². The second-order valence-corrected chi connectivity index (χ2v) is 6.58. The van der Waals surface area contributed by atoms with Crippen molar-refractivity contribution in [2.45, 2.75) is 6.54 Å². The zero-order valence-electron chi connectivity index (χ0n) is 15.6. The zero-order chi connectivity index (χ0) is 19.5. The van der Waals surface area contributed by atoms with Crippen molar-refractivity contribution in [2.75, 3.05) is 25.1 Å². The fourth-order valence-corrected chi connectivity index (χ4v) is 3.49. The van der Waals surface area contributed by atoms with Gasteiger partial charge in [0, 0.05) is 36.4 Å². The van der Waals surface area contributed by atoms with Gasteiger partial charge in [-0.25, -0.2) is 4.79 Å². The van der Waals surface area contributed by atoms with E-state index in [1.54, 1.807) is 30.2 Å². The number of rotatable bonds is 5. The van der Waals surface area contributed by atoms with Gasteiger partial charge in [0.25, 0.3) is 5.91 Å². The lowest BCUT2D eigenvalue weighted by Gasteiger charge is -2.16. The van der Waals surface area contributed by atoms with E-state index in [0.29, 0.717) is 30.9 Å². The lowest BCUT2D eigenvalue weighted by molar-refractivity contribution is 0.0951. The highest BCUT2D eigenvalue weighted by Gasteiger charge is 2.21. The van der Waals surface area contributed by atoms with Crippen molar-refractivity contribution in [1.82, 2.24) is 10.6 Å². The largest absolute Gasteiger partial charge is 0.496 e. The number of hydrogen-bond donors (Lipinski definition) is 2. The Kier molecular flexibility index (Phi) is 4.85. The van der Waals surface area contributed by atoms with E-state index in [0.717, 1.165) is 22.1 Å². The lowest BCUT2D eigenvalue weighted by atomic mass is 10.0. The molecule has 0 saturated carbocycles. The molecule has 0 aliphatic carbocycles. The maximum atomic E-state index is 12.7. The van der Waals surface area contributed by atoms with Crippen molar-refractivity contribution >= 4 is 28.4 Å². The molecule has 3 amide bonds. The van der Waals surface area contributed by atoms with Gasteiger partial charge in [0.05, 0.1) is 7.11 Å². The minimum atomic E-state index is -0.198. The number of nitrogens with one attached hydrogen (secondary N) is 2. The summed E-state index contributed by atoms with van der Waals surface area (Å²) in [4.78, 5) is 26.2. The quantitative estimate of drug-likeness (QED) is 0.719. The normalized spacial score (nSPS) is 13.5. The third-order valence-corrected chi connectivity index (χ3v) is 4.92. The number of anilines is 1. The van der Waals surface area contributed by atoms with Gasteiger partial charge in [-0.3, -0.25) is 9.69 Å². The molecule has 0 atom stereocenters. The molecule has 1 aliphatic heterocycles. The molecule has 3 aromatic rings. The summed E-state index contributed by atoms with van der Waals surface area (Å²) in [5, 5.41) is 7.88. The number of urea groups is 1. The Morgan fingerprint density at radius 2 is 2.00 bits per heavy atom. The molecule has 6 nitrogen and oxygen atoms in total. The molecule has 1 heterocycles. The van der Waals surface area contributed by atoms with Crippen molar-refractivity contribution in [2.24, 2.45) is 0 Å². The summed E-state index contributed by atoms with van der Waals surface area (Å²) in [6.07, 6.45) is 0. The van der Waals surface area contributed by atoms with Gasteiger partial charge in [-0.2, -0.15) is 0 Å². The minimum absolute atomic E-state index is 0.141. The van der Waals surface area contributed by atoms with Crippen LogP contribution in [0.1, 0.15) is 15.9 Å². The molecule has 3 aromatic carbocycles. The summed E-state index contributed by atoms with van der Waals surface area (Å²) < 4.78 is 5.49. The number of benzene rings is 3. The lowest BCUT2D eigenvalue weighted by Crippen LogP contribution is -2.28. The predicted octanol–water partition coefficient (Wildman–Crippen LogP) is 3.31. The summed E-state index contributed by atoms with van der Waals surface area (Å²) in [6.45, 7) is 1.55. The fourth-order valence-electron chi connectivity index (χ4n) is 3.49. The number of methoxy groups -OCH3 is 1. The van der Waals surface area contributed by atoms with Gasteiger partial charge in [0.2, 0.25) is 0 Å². The number of ether oxygens (including phenoxy) is 1. The molecule has 4 rings (SSSR count). The standard InChI is InChI=1S/C22H21N3O3/c1-28-20-10-9-15-5-2-3-8-18(15)19(20)14-24-21(26)16-6-4-7-17(13-16)25-12-11-23-22(25)27/h2-10,13H,11-12,14H2,1H3,(H,23,27)(H,24,26). The first-order valence-corrected chi connectivity index (χ1v) is 9.15. The fraction of sp³-hybridized carbons (Fsp3) is 0.182. The van der Waals surface area contributed by atoms with E-state index in [4.69, 9.17) is 4.74 Å². The van der Waals surface area contributed by atoms with Crippen LogP contribution in [0.25, 0.3) is 10.8 Å². The number of fused-ring (bicyclic) bond motifs is 1. The highest BCUT2D eigenvalue weighted by atomic mass is 16.5. The van der Waals surface area contributed by atoms with Crippen molar-refractivity contribution < 1.29 is 14.3 Å². The molecular formula is C22H21N3O3. The van der Waals surface area contributed by atoms with Crippen LogP contribution in [0.4, 0.5) is 10.5 Å². The van der Waals surface area contributed by atoms with Gasteiger partial charge >= 0.3 is 6.03 Å². The van der Waals surface area contributed by atoms with Crippen LogP contribution in [0, 0.1) is 0 Å². The van der Waals surface area contributed by atoms with Crippen molar-refractivity contribution in [1.29, 1.82) is 0 Å². The third kappa shape index (κ3) is 3.36. The van der Waals surface area contributed by atoms with E-state index in [9.17, 15) is 9.59 Å². The molecule has 142 valence electrons. The average molecular weight is 375 g/mol. The maximum absolute atomic E-state index is 12.7. The molecule has 1 saturated heterocycles. The average Bonchev–Trinajstić information content (AvgIpc) is 3.17. The van der Waals surface area contributed by atoms with Crippen LogP contribution in [0.3, 0.4) is 0 Å². The van der Waals surface area contributed by atoms with Crippen LogP contribution in [-0.2, 0) is 6.54 Å². The summed E-state index contributed by atoms with van der Waals surface area (Å²) in [5.74, 6) is 0.540. The van der Waals surface area contributed by atoms with Crippen LogP contribution in [0.2, 0.25) is 0 Å². The Hall–Kier alpha value is -3.54. The van der Waals surface area contributed by atoms with Crippen molar-refractivity contribution in [3.8, 4) is 5.75 Å². The minimum Gasteiger partial charge on any atom is -0.496 e. The number of nitrogens with zero attached hydrogens (tertiary/aromatic N) is 1. The predicted molar refractivity (Wildman–Crippen MR) is 109 cm³/mol. The molecule has 1 fully saturated rings. The Morgan fingerprint density at radius 3 is 2.79 bits per heavy atom. The van der Waals surface area contributed by atoms with Gasteiger partial charge in [-0.1, -0.05) is 36.4 Å². The molecule has 0 radical (unpaired) electrons. The van der Waals surface area contributed by atoms with Crippen molar-refractivity contribution in [3.63, 3.8) is 0 Å². The van der Waals surface area contributed by atoms with Crippen LogP contribution < -0.4 is 20.3 Å². The van der Waals surface area contributed by atoms with Gasteiger partial charge in [0.15, 0.2) is 0 Å². The summed E-state index contributed by atoms with van der Waals surface area (Å²) in [5.41, 5.74) is 2.16. The van der Waals surface area contributed by atoms with Gasteiger partial charge < -0.3 is 15.4 Å². The Labute approximate surface area is 163 Å². The first-order valence-electron chi connectivity index (χ1n) is 9.15. The highest BCUT2D eigenvalue weighted by Crippen LogP contribution is 2.28. The molecule has 6 heteroatoms. The number of amides is 3. The third-order valence-electron chi connectivity index (χ3n) is 4.92. The summed E-state index contributed by atoms with van der Waals surface area (Å²) in [7, 11) is 1.62. The number of carbonyl (C=O) groups is 2. The monoisotopic (exact) mass is 375 g/mol. The Morgan fingerprint density at radius 1 is 1.14 bits per heavy atom. The maximum Gasteiger partial charge on any atom is 0.321 e. The van der Waals surface area contributed by atoms with Gasteiger partial charge in [-0.05, 0) is 35.0 Å². The van der Waals surface area contributed by atoms with E-state index in [1.807, 2.05) is 42.5 Å². The summed E-state index contributed by atoms with van der Waals surface area (Å²) in [6, 6.07) is 18.9. The smallest absolute Gasteiger partial charge is 0.321 e. The molecular weight excluding hydrogens is 354 g/mol. The molecule has 1 aliphatic rings. The Bertz CT molecular complexity index is 1050. The molecule has 0 aromatic heterocycles. The Balaban J connectivity index is 1.55. The zero-order valence-corrected chi connectivity index (χ0v) is 15.6. The van der Waals surface area contributed by atoms with Gasteiger partial charge in [0.1, 0.15) is 5.75 Å². The van der Waals surface area contributed by atoms with Crippen LogP contribution >= 0.6 is 0 Å². The first kappa shape index (κ1) is 17.9. The van der Waals surface area contributed by atoms with Crippen molar-refractivity contribution in [3.05, 3.63) is 71.8 Å². The topological polar surface area (TPSA) is 70.7 Å².